The SMILES string of the molecule is Cc1ccc(S(=O)(=O)N(CC(=O)N(Cc2ccccc2C)[C@@H](C)C(=O)NCC(C)C)c2ccc(Cl)cc2)cc1. The molecule has 3 aromatic carbocycles. The Morgan fingerprint density at radius 3 is 2.10 bits per heavy atom. The first-order valence-corrected chi connectivity index (χ1v) is 14.7. The van der Waals surface area contributed by atoms with E-state index in [2.05, 4.69) is 5.32 Å². The lowest BCUT2D eigenvalue weighted by Gasteiger charge is -2.32. The van der Waals surface area contributed by atoms with Crippen molar-refractivity contribution in [2.45, 2.75) is 52.1 Å². The molecule has 9 heteroatoms. The fraction of sp³-hybridized carbons (Fsp3) is 0.333. The Bertz CT molecular complexity index is 1390. The van der Waals surface area contributed by atoms with E-state index in [9.17, 15) is 18.0 Å². The van der Waals surface area contributed by atoms with Gasteiger partial charge in [-0.25, -0.2) is 8.42 Å². The maximum atomic E-state index is 13.9. The van der Waals surface area contributed by atoms with Gasteiger partial charge in [-0.2, -0.15) is 0 Å². The molecule has 39 heavy (non-hydrogen) atoms. The molecule has 3 rings (SSSR count). The monoisotopic (exact) mass is 569 g/mol. The topological polar surface area (TPSA) is 86.8 Å². The van der Waals surface area contributed by atoms with Gasteiger partial charge in [0.05, 0.1) is 10.6 Å². The zero-order valence-electron chi connectivity index (χ0n) is 23.0. The van der Waals surface area contributed by atoms with Crippen LogP contribution < -0.4 is 9.62 Å². The van der Waals surface area contributed by atoms with Crippen molar-refractivity contribution in [2.75, 3.05) is 17.4 Å². The first-order chi connectivity index (χ1) is 18.4. The predicted molar refractivity (Wildman–Crippen MR) is 156 cm³/mol. The number of nitrogens with one attached hydrogen (secondary N) is 1. The lowest BCUT2D eigenvalue weighted by molar-refractivity contribution is -0.139. The summed E-state index contributed by atoms with van der Waals surface area (Å²) in [7, 11) is -4.12. The van der Waals surface area contributed by atoms with Gasteiger partial charge in [0.25, 0.3) is 10.0 Å². The van der Waals surface area contributed by atoms with E-state index in [1.54, 1.807) is 43.3 Å². The molecular weight excluding hydrogens is 534 g/mol. The number of halogens is 1. The summed E-state index contributed by atoms with van der Waals surface area (Å²) in [6, 6.07) is 19.5. The maximum absolute atomic E-state index is 13.9. The Morgan fingerprint density at radius 1 is 0.897 bits per heavy atom. The summed E-state index contributed by atoms with van der Waals surface area (Å²) in [4.78, 5) is 28.5. The van der Waals surface area contributed by atoms with E-state index in [1.165, 1.54) is 17.0 Å². The number of carbonyl (C=O) groups is 2. The predicted octanol–water partition coefficient (Wildman–Crippen LogP) is 5.34. The minimum Gasteiger partial charge on any atom is -0.354 e. The molecule has 0 aliphatic heterocycles. The second kappa shape index (κ2) is 13.1. The van der Waals surface area contributed by atoms with E-state index in [1.807, 2.05) is 52.0 Å². The minimum atomic E-state index is -4.12. The standard InChI is InChI=1S/C30H36ClN3O4S/c1-21(2)18-32-30(36)24(5)33(19-25-9-7-6-8-23(25)4)29(35)20-34(27-14-12-26(31)13-15-27)39(37,38)28-16-10-22(3)11-17-28/h6-17,21,24H,18-20H2,1-5H3,(H,32,36)/t24-/m0/s1. The molecule has 1 N–H and O–H groups in total. The van der Waals surface area contributed by atoms with Gasteiger partial charge in [0, 0.05) is 18.1 Å². The molecule has 0 heterocycles. The Kier molecular flexibility index (Phi) is 10.2. The molecule has 7 nitrogen and oxygen atoms in total. The number of rotatable bonds is 11. The molecule has 0 spiro atoms. The number of nitrogens with zero attached hydrogens (tertiary/aromatic N) is 2. The summed E-state index contributed by atoms with van der Waals surface area (Å²) in [5, 5.41) is 3.33. The number of amides is 2. The van der Waals surface area contributed by atoms with Crippen LogP contribution in [0.4, 0.5) is 5.69 Å². The van der Waals surface area contributed by atoms with Crippen LogP contribution in [0.25, 0.3) is 0 Å². The van der Waals surface area contributed by atoms with Crippen LogP contribution in [-0.2, 0) is 26.2 Å². The number of carbonyl (C=O) groups excluding carboxylic acids is 2. The number of benzene rings is 3. The summed E-state index contributed by atoms with van der Waals surface area (Å²) in [6.45, 7) is 9.56. The van der Waals surface area contributed by atoms with E-state index < -0.39 is 28.5 Å². The third-order valence-corrected chi connectivity index (χ3v) is 8.50. The van der Waals surface area contributed by atoms with Crippen molar-refractivity contribution < 1.29 is 18.0 Å². The maximum Gasteiger partial charge on any atom is 0.264 e. The van der Waals surface area contributed by atoms with E-state index in [0.717, 1.165) is 21.0 Å². The molecule has 1 atom stereocenters. The molecule has 0 saturated carbocycles. The second-order valence-corrected chi connectivity index (χ2v) is 12.4. The fourth-order valence-electron chi connectivity index (χ4n) is 3.98. The Balaban J connectivity index is 2.01. The van der Waals surface area contributed by atoms with E-state index in [-0.39, 0.29) is 23.3 Å². The van der Waals surface area contributed by atoms with Crippen molar-refractivity contribution in [3.8, 4) is 0 Å². The van der Waals surface area contributed by atoms with Crippen LogP contribution in [0.5, 0.6) is 0 Å². The number of hydrogen-bond donors (Lipinski definition) is 1. The van der Waals surface area contributed by atoms with Crippen molar-refractivity contribution in [2.24, 2.45) is 5.92 Å². The molecule has 0 aromatic heterocycles. The van der Waals surface area contributed by atoms with Crippen LogP contribution in [0.1, 0.15) is 37.5 Å². The molecule has 3 aromatic rings. The fourth-order valence-corrected chi connectivity index (χ4v) is 5.52. The Hall–Kier alpha value is -3.36. The molecule has 208 valence electrons. The van der Waals surface area contributed by atoms with Gasteiger partial charge in [0.15, 0.2) is 0 Å². The van der Waals surface area contributed by atoms with Crippen LogP contribution in [-0.4, -0.2) is 44.3 Å². The number of hydrogen-bond acceptors (Lipinski definition) is 4. The van der Waals surface area contributed by atoms with Gasteiger partial charge in [-0.15, -0.1) is 0 Å². The highest BCUT2D eigenvalue weighted by Gasteiger charge is 2.32. The van der Waals surface area contributed by atoms with Gasteiger partial charge in [-0.05, 0) is 74.2 Å². The van der Waals surface area contributed by atoms with Crippen LogP contribution in [0.15, 0.2) is 77.7 Å². The third kappa shape index (κ3) is 7.83. The normalized spacial score (nSPS) is 12.2. The van der Waals surface area contributed by atoms with Gasteiger partial charge < -0.3 is 10.2 Å². The Labute approximate surface area is 236 Å². The highest BCUT2D eigenvalue weighted by Crippen LogP contribution is 2.26. The van der Waals surface area contributed by atoms with Gasteiger partial charge in [0.1, 0.15) is 12.6 Å². The largest absolute Gasteiger partial charge is 0.354 e. The molecule has 2 amide bonds. The van der Waals surface area contributed by atoms with Crippen LogP contribution in [0.2, 0.25) is 5.02 Å². The summed E-state index contributed by atoms with van der Waals surface area (Å²) >= 11 is 6.07. The molecule has 0 fully saturated rings. The molecule has 0 saturated heterocycles. The second-order valence-electron chi connectivity index (χ2n) is 10.1. The number of sulfonamides is 1. The molecule has 0 radical (unpaired) electrons. The van der Waals surface area contributed by atoms with Crippen LogP contribution in [0.3, 0.4) is 0 Å². The minimum absolute atomic E-state index is 0.0593. The highest BCUT2D eigenvalue weighted by molar-refractivity contribution is 7.92. The Morgan fingerprint density at radius 2 is 1.51 bits per heavy atom. The zero-order valence-corrected chi connectivity index (χ0v) is 24.6. The summed E-state index contributed by atoms with van der Waals surface area (Å²) in [6.07, 6.45) is 0. The summed E-state index contributed by atoms with van der Waals surface area (Å²) < 4.78 is 28.7. The molecular formula is C30H36ClN3O4S. The smallest absolute Gasteiger partial charge is 0.264 e. The van der Waals surface area contributed by atoms with Gasteiger partial charge >= 0.3 is 0 Å². The lowest BCUT2D eigenvalue weighted by atomic mass is 10.1. The van der Waals surface area contributed by atoms with Crippen molar-refractivity contribution in [1.82, 2.24) is 10.2 Å². The molecule has 0 aliphatic rings. The van der Waals surface area contributed by atoms with E-state index in [4.69, 9.17) is 11.6 Å². The van der Waals surface area contributed by atoms with Crippen molar-refractivity contribution in [1.29, 1.82) is 0 Å². The average molecular weight is 570 g/mol. The lowest BCUT2D eigenvalue weighted by Crippen LogP contribution is -2.51. The quantitative estimate of drug-likeness (QED) is 0.338. The van der Waals surface area contributed by atoms with Crippen molar-refractivity contribution in [3.63, 3.8) is 0 Å². The summed E-state index contributed by atoms with van der Waals surface area (Å²) in [5.41, 5.74) is 3.04. The average Bonchev–Trinajstić information content (AvgIpc) is 2.90. The summed E-state index contributed by atoms with van der Waals surface area (Å²) in [5.74, 6) is -0.567. The van der Waals surface area contributed by atoms with Gasteiger partial charge in [0.2, 0.25) is 11.8 Å². The molecule has 0 unspecified atom stereocenters. The van der Waals surface area contributed by atoms with Crippen molar-refractivity contribution >= 4 is 39.1 Å². The highest BCUT2D eigenvalue weighted by atomic mass is 35.5. The van der Waals surface area contributed by atoms with E-state index in [0.29, 0.717) is 17.3 Å². The van der Waals surface area contributed by atoms with E-state index >= 15 is 0 Å². The van der Waals surface area contributed by atoms with Gasteiger partial charge in [-0.3, -0.25) is 13.9 Å². The van der Waals surface area contributed by atoms with Gasteiger partial charge in [-0.1, -0.05) is 67.4 Å². The first kappa shape index (κ1) is 30.2. The molecule has 0 aliphatic carbocycles. The van der Waals surface area contributed by atoms with Crippen LogP contribution >= 0.6 is 11.6 Å². The third-order valence-electron chi connectivity index (χ3n) is 6.46. The van der Waals surface area contributed by atoms with Crippen molar-refractivity contribution in [3.05, 3.63) is 94.5 Å². The molecule has 0 bridgehead atoms. The van der Waals surface area contributed by atoms with Crippen LogP contribution in [0, 0.1) is 19.8 Å². The first-order valence-electron chi connectivity index (χ1n) is 12.9. The number of aryl methyl sites for hydroxylation is 2. The number of anilines is 1. The zero-order chi connectivity index (χ0) is 28.7.